The average Bonchev–Trinajstić information content (AvgIpc) is 2.64. The highest BCUT2D eigenvalue weighted by molar-refractivity contribution is 6.30. The van der Waals surface area contributed by atoms with Crippen LogP contribution in [0.1, 0.15) is 22.0 Å². The second-order valence-corrected chi connectivity index (χ2v) is 6.79. The number of benzene rings is 2. The fourth-order valence-electron chi connectivity index (χ4n) is 2.97. The molecule has 1 fully saturated rings. The van der Waals surface area contributed by atoms with E-state index in [4.69, 9.17) is 23.2 Å². The monoisotopic (exact) mass is 373 g/mol. The van der Waals surface area contributed by atoms with Gasteiger partial charge < -0.3 is 4.90 Å². The molecule has 1 aliphatic rings. The summed E-state index contributed by atoms with van der Waals surface area (Å²) in [7, 11) is 0. The summed E-state index contributed by atoms with van der Waals surface area (Å²) in [5, 5.41) is 10.8. The third kappa shape index (κ3) is 4.13. The van der Waals surface area contributed by atoms with Gasteiger partial charge in [0.25, 0.3) is 5.91 Å². The molecule has 2 aromatic carbocycles. The molecule has 4 nitrogen and oxygen atoms in total. The Bertz CT molecular complexity index is 776. The van der Waals surface area contributed by atoms with Crippen molar-refractivity contribution in [3.8, 4) is 6.07 Å². The Morgan fingerprint density at radius 1 is 0.920 bits per heavy atom. The molecule has 1 saturated heterocycles. The highest BCUT2D eigenvalue weighted by Crippen LogP contribution is 2.23. The van der Waals surface area contributed by atoms with E-state index in [1.165, 1.54) is 0 Å². The van der Waals surface area contributed by atoms with Gasteiger partial charge in [0.15, 0.2) is 0 Å². The molecule has 1 atom stereocenters. The van der Waals surface area contributed by atoms with Crippen LogP contribution in [0.25, 0.3) is 0 Å². The first-order valence-electron chi connectivity index (χ1n) is 8.02. The third-order valence-electron chi connectivity index (χ3n) is 4.37. The Morgan fingerprint density at radius 3 is 1.96 bits per heavy atom. The van der Waals surface area contributed by atoms with Crippen LogP contribution in [0.4, 0.5) is 0 Å². The minimum Gasteiger partial charge on any atom is -0.336 e. The molecule has 1 amide bonds. The van der Waals surface area contributed by atoms with Crippen molar-refractivity contribution >= 4 is 29.1 Å². The molecular formula is C19H17Cl2N3O. The Kier molecular flexibility index (Phi) is 5.60. The fraction of sp³-hybridized carbons (Fsp3) is 0.263. The number of hydrogen-bond acceptors (Lipinski definition) is 3. The second kappa shape index (κ2) is 7.88. The second-order valence-electron chi connectivity index (χ2n) is 5.92. The van der Waals surface area contributed by atoms with Crippen molar-refractivity contribution in [3.63, 3.8) is 0 Å². The van der Waals surface area contributed by atoms with E-state index in [1.807, 2.05) is 17.0 Å². The minimum absolute atomic E-state index is 0.00341. The van der Waals surface area contributed by atoms with Gasteiger partial charge in [0.05, 0.1) is 6.07 Å². The molecule has 0 bridgehead atoms. The molecule has 0 saturated carbocycles. The number of nitriles is 1. The first-order valence-corrected chi connectivity index (χ1v) is 8.78. The molecule has 0 radical (unpaired) electrons. The molecule has 3 rings (SSSR count). The van der Waals surface area contributed by atoms with Crippen molar-refractivity contribution in [2.24, 2.45) is 0 Å². The smallest absolute Gasteiger partial charge is 0.253 e. The van der Waals surface area contributed by atoms with Gasteiger partial charge in [-0.3, -0.25) is 9.69 Å². The third-order valence-corrected chi connectivity index (χ3v) is 4.87. The van der Waals surface area contributed by atoms with Crippen molar-refractivity contribution in [3.05, 3.63) is 69.7 Å². The number of carbonyl (C=O) groups excluding carboxylic acids is 1. The van der Waals surface area contributed by atoms with Gasteiger partial charge in [-0.2, -0.15) is 5.26 Å². The van der Waals surface area contributed by atoms with Crippen molar-refractivity contribution < 1.29 is 4.79 Å². The van der Waals surface area contributed by atoms with Crippen LogP contribution in [0.2, 0.25) is 10.0 Å². The number of nitrogens with zero attached hydrogens (tertiary/aromatic N) is 3. The summed E-state index contributed by atoms with van der Waals surface area (Å²) >= 11 is 11.8. The Balaban J connectivity index is 1.64. The van der Waals surface area contributed by atoms with Gasteiger partial charge in [-0.1, -0.05) is 35.3 Å². The topological polar surface area (TPSA) is 47.3 Å². The standard InChI is InChI=1S/C19H17Cl2N3O/c20-16-5-1-14(2-6-16)18(13-22)23-9-11-24(12-10-23)19(25)15-3-7-17(21)8-4-15/h1-8,18H,9-12H2. The van der Waals surface area contributed by atoms with Gasteiger partial charge >= 0.3 is 0 Å². The summed E-state index contributed by atoms with van der Waals surface area (Å²) in [6, 6.07) is 16.3. The maximum atomic E-state index is 12.5. The highest BCUT2D eigenvalue weighted by Gasteiger charge is 2.27. The van der Waals surface area contributed by atoms with Crippen LogP contribution in [-0.2, 0) is 0 Å². The van der Waals surface area contributed by atoms with Crippen LogP contribution >= 0.6 is 23.2 Å². The lowest BCUT2D eigenvalue weighted by Crippen LogP contribution is -2.49. The molecule has 0 N–H and O–H groups in total. The zero-order valence-electron chi connectivity index (χ0n) is 13.5. The molecule has 1 heterocycles. The van der Waals surface area contributed by atoms with Crippen molar-refractivity contribution in [2.75, 3.05) is 26.2 Å². The molecule has 1 unspecified atom stereocenters. The quantitative estimate of drug-likeness (QED) is 0.816. The van der Waals surface area contributed by atoms with E-state index in [0.717, 1.165) is 5.56 Å². The van der Waals surface area contributed by atoms with Crippen LogP contribution < -0.4 is 0 Å². The summed E-state index contributed by atoms with van der Waals surface area (Å²) in [6.07, 6.45) is 0. The van der Waals surface area contributed by atoms with Crippen LogP contribution in [0.5, 0.6) is 0 Å². The molecule has 0 aromatic heterocycles. The van der Waals surface area contributed by atoms with Crippen LogP contribution in [-0.4, -0.2) is 41.9 Å². The SMILES string of the molecule is N#CC(c1ccc(Cl)cc1)N1CCN(C(=O)c2ccc(Cl)cc2)CC1. The molecule has 6 heteroatoms. The van der Waals surface area contributed by atoms with E-state index in [1.54, 1.807) is 36.4 Å². The average molecular weight is 374 g/mol. The maximum absolute atomic E-state index is 12.5. The maximum Gasteiger partial charge on any atom is 0.253 e. The first-order chi connectivity index (χ1) is 12.1. The van der Waals surface area contributed by atoms with E-state index < -0.39 is 0 Å². The lowest BCUT2D eigenvalue weighted by atomic mass is 10.1. The largest absolute Gasteiger partial charge is 0.336 e. The van der Waals surface area contributed by atoms with E-state index in [0.29, 0.717) is 41.8 Å². The number of rotatable bonds is 3. The van der Waals surface area contributed by atoms with E-state index in [9.17, 15) is 10.1 Å². The first kappa shape index (κ1) is 17.8. The predicted molar refractivity (Wildman–Crippen MR) is 98.7 cm³/mol. The fourth-order valence-corrected chi connectivity index (χ4v) is 3.22. The summed E-state index contributed by atoms with van der Waals surface area (Å²) in [6.45, 7) is 2.49. The molecule has 2 aromatic rings. The summed E-state index contributed by atoms with van der Waals surface area (Å²) in [4.78, 5) is 16.5. The Hall–Kier alpha value is -2.06. The Morgan fingerprint density at radius 2 is 1.44 bits per heavy atom. The number of hydrogen-bond donors (Lipinski definition) is 0. The number of piperazine rings is 1. The lowest BCUT2D eigenvalue weighted by molar-refractivity contribution is 0.0606. The zero-order chi connectivity index (χ0) is 17.8. The van der Waals surface area contributed by atoms with Crippen molar-refractivity contribution in [1.82, 2.24) is 9.80 Å². The van der Waals surface area contributed by atoms with Gasteiger partial charge in [0.1, 0.15) is 6.04 Å². The van der Waals surface area contributed by atoms with E-state index in [2.05, 4.69) is 11.0 Å². The predicted octanol–water partition coefficient (Wildman–Crippen LogP) is 4.02. The molecule has 128 valence electrons. The van der Waals surface area contributed by atoms with Gasteiger partial charge in [-0.25, -0.2) is 0 Å². The number of amides is 1. The molecule has 1 aliphatic heterocycles. The zero-order valence-corrected chi connectivity index (χ0v) is 15.0. The van der Waals surface area contributed by atoms with Crippen LogP contribution in [0, 0.1) is 11.3 Å². The molecule has 0 aliphatic carbocycles. The van der Waals surface area contributed by atoms with Crippen molar-refractivity contribution in [1.29, 1.82) is 5.26 Å². The summed E-state index contributed by atoms with van der Waals surface area (Å²) in [5.74, 6) is -0.00341. The summed E-state index contributed by atoms with van der Waals surface area (Å²) in [5.41, 5.74) is 1.55. The minimum atomic E-state index is -0.329. The number of carbonyl (C=O) groups is 1. The molecule has 25 heavy (non-hydrogen) atoms. The summed E-state index contributed by atoms with van der Waals surface area (Å²) < 4.78 is 0. The Labute approximate surface area is 157 Å². The lowest BCUT2D eigenvalue weighted by Gasteiger charge is -2.37. The van der Waals surface area contributed by atoms with E-state index >= 15 is 0 Å². The van der Waals surface area contributed by atoms with Crippen LogP contribution in [0.3, 0.4) is 0 Å². The normalized spacial score (nSPS) is 16.3. The van der Waals surface area contributed by atoms with Gasteiger partial charge in [-0.15, -0.1) is 0 Å². The van der Waals surface area contributed by atoms with Gasteiger partial charge in [-0.05, 0) is 42.0 Å². The van der Waals surface area contributed by atoms with Gasteiger partial charge in [0, 0.05) is 41.8 Å². The van der Waals surface area contributed by atoms with Crippen LogP contribution in [0.15, 0.2) is 48.5 Å². The van der Waals surface area contributed by atoms with E-state index in [-0.39, 0.29) is 11.9 Å². The molecular weight excluding hydrogens is 357 g/mol. The van der Waals surface area contributed by atoms with Gasteiger partial charge in [0.2, 0.25) is 0 Å². The number of halogens is 2. The van der Waals surface area contributed by atoms with Crippen molar-refractivity contribution in [2.45, 2.75) is 6.04 Å². The molecule has 0 spiro atoms. The highest BCUT2D eigenvalue weighted by atomic mass is 35.5.